The van der Waals surface area contributed by atoms with Crippen LogP contribution in [0.1, 0.15) is 53.3 Å². The zero-order valence-electron chi connectivity index (χ0n) is 11.1. The molecule has 0 aliphatic carbocycles. The lowest BCUT2D eigenvalue weighted by atomic mass is 9.98. The van der Waals surface area contributed by atoms with Crippen LogP contribution >= 0.6 is 15.9 Å². The number of rotatable bonds is 7. The van der Waals surface area contributed by atoms with Crippen LogP contribution in [-0.4, -0.2) is 32.2 Å². The third-order valence-electron chi connectivity index (χ3n) is 2.93. The number of hydrogen-bond acceptors (Lipinski definition) is 5. The van der Waals surface area contributed by atoms with Crippen LogP contribution in [0.15, 0.2) is 6.07 Å². The van der Waals surface area contributed by atoms with Gasteiger partial charge in [0.2, 0.25) is 0 Å². The molecule has 0 heterocycles. The molecule has 1 rings (SSSR count). The first-order valence-electron chi connectivity index (χ1n) is 6.28. The van der Waals surface area contributed by atoms with Crippen molar-refractivity contribution in [2.45, 2.75) is 32.6 Å². The highest BCUT2D eigenvalue weighted by Gasteiger charge is 2.24. The number of carbonyl (C=O) groups excluding carboxylic acids is 2. The van der Waals surface area contributed by atoms with E-state index in [2.05, 4.69) is 15.9 Å². The van der Waals surface area contributed by atoms with Gasteiger partial charge in [0.1, 0.15) is 28.4 Å². The SMILES string of the molecule is CC(=O)c1c(O)cc(O)c(C(=O)CCCCCBr)c1O. The zero-order valence-corrected chi connectivity index (χ0v) is 12.7. The van der Waals surface area contributed by atoms with Gasteiger partial charge in [-0.15, -0.1) is 0 Å². The number of phenols is 3. The maximum absolute atomic E-state index is 12.0. The van der Waals surface area contributed by atoms with Crippen molar-refractivity contribution in [1.29, 1.82) is 0 Å². The van der Waals surface area contributed by atoms with Gasteiger partial charge in [-0.05, 0) is 19.8 Å². The second-order valence-corrected chi connectivity index (χ2v) is 5.29. The van der Waals surface area contributed by atoms with E-state index in [4.69, 9.17) is 0 Å². The third-order valence-corrected chi connectivity index (χ3v) is 3.49. The molecule has 0 fully saturated rings. The summed E-state index contributed by atoms with van der Waals surface area (Å²) in [5.41, 5.74) is -0.640. The first kappa shape index (κ1) is 16.5. The Bertz CT molecular complexity index is 525. The van der Waals surface area contributed by atoms with Gasteiger partial charge in [0.15, 0.2) is 11.6 Å². The average Bonchev–Trinajstić information content (AvgIpc) is 2.33. The lowest BCUT2D eigenvalue weighted by Crippen LogP contribution is -2.04. The fraction of sp³-hybridized carbons (Fsp3) is 0.429. The van der Waals surface area contributed by atoms with E-state index < -0.39 is 28.8 Å². The summed E-state index contributed by atoms with van der Waals surface area (Å²) in [5, 5.41) is 30.0. The van der Waals surface area contributed by atoms with Crippen molar-refractivity contribution < 1.29 is 24.9 Å². The highest BCUT2D eigenvalue weighted by atomic mass is 79.9. The molecular weight excluding hydrogens is 328 g/mol. The van der Waals surface area contributed by atoms with E-state index in [9.17, 15) is 24.9 Å². The number of halogens is 1. The van der Waals surface area contributed by atoms with Gasteiger partial charge < -0.3 is 15.3 Å². The van der Waals surface area contributed by atoms with Crippen LogP contribution in [0.25, 0.3) is 0 Å². The molecule has 0 bridgehead atoms. The van der Waals surface area contributed by atoms with Gasteiger partial charge in [-0.1, -0.05) is 22.4 Å². The predicted molar refractivity (Wildman–Crippen MR) is 78.0 cm³/mol. The van der Waals surface area contributed by atoms with Gasteiger partial charge in [0.05, 0.1) is 0 Å². The molecule has 0 spiro atoms. The van der Waals surface area contributed by atoms with Crippen molar-refractivity contribution in [3.05, 3.63) is 17.2 Å². The summed E-state index contributed by atoms with van der Waals surface area (Å²) in [6, 6.07) is 0.905. The zero-order chi connectivity index (χ0) is 15.3. The number of carbonyl (C=O) groups is 2. The summed E-state index contributed by atoms with van der Waals surface area (Å²) in [7, 11) is 0. The Morgan fingerprint density at radius 2 is 1.65 bits per heavy atom. The maximum atomic E-state index is 12.0. The minimum atomic E-state index is -0.652. The van der Waals surface area contributed by atoms with Crippen LogP contribution < -0.4 is 0 Å². The number of phenolic OH excluding ortho intramolecular Hbond substituents is 3. The summed E-state index contributed by atoms with van der Waals surface area (Å²) in [6.45, 7) is 1.16. The molecule has 0 amide bonds. The molecule has 0 saturated heterocycles. The molecule has 110 valence electrons. The molecule has 0 saturated carbocycles. The second-order valence-electron chi connectivity index (χ2n) is 4.49. The van der Waals surface area contributed by atoms with Crippen molar-refractivity contribution in [3.8, 4) is 17.2 Å². The lowest BCUT2D eigenvalue weighted by Gasteiger charge is -2.11. The number of ketones is 2. The van der Waals surface area contributed by atoms with E-state index in [1.54, 1.807) is 0 Å². The summed E-state index contributed by atoms with van der Waals surface area (Å²) in [5.74, 6) is -2.73. The van der Waals surface area contributed by atoms with Gasteiger partial charge in [0.25, 0.3) is 0 Å². The molecule has 0 aliphatic heterocycles. The molecular formula is C14H17BrO5. The Labute approximate surface area is 125 Å². The first-order valence-corrected chi connectivity index (χ1v) is 7.40. The molecule has 0 aliphatic rings. The van der Waals surface area contributed by atoms with Crippen LogP contribution in [0.2, 0.25) is 0 Å². The number of aromatic hydroxyl groups is 3. The van der Waals surface area contributed by atoms with Gasteiger partial charge >= 0.3 is 0 Å². The largest absolute Gasteiger partial charge is 0.507 e. The quantitative estimate of drug-likeness (QED) is 0.401. The Kier molecular flexibility index (Phi) is 6.01. The minimum Gasteiger partial charge on any atom is -0.507 e. The topological polar surface area (TPSA) is 94.8 Å². The molecule has 20 heavy (non-hydrogen) atoms. The van der Waals surface area contributed by atoms with E-state index in [0.717, 1.165) is 31.2 Å². The Morgan fingerprint density at radius 1 is 1.05 bits per heavy atom. The highest BCUT2D eigenvalue weighted by Crippen LogP contribution is 2.38. The van der Waals surface area contributed by atoms with Crippen LogP contribution in [0.4, 0.5) is 0 Å². The van der Waals surface area contributed by atoms with E-state index in [1.165, 1.54) is 0 Å². The number of alkyl halides is 1. The van der Waals surface area contributed by atoms with Crippen molar-refractivity contribution in [3.63, 3.8) is 0 Å². The van der Waals surface area contributed by atoms with Gasteiger partial charge in [-0.25, -0.2) is 0 Å². The minimum absolute atomic E-state index is 0.163. The molecule has 0 aromatic heterocycles. The Balaban J connectivity index is 3.02. The predicted octanol–water partition coefficient (Wildman–Crippen LogP) is 3.14. The first-order chi connectivity index (χ1) is 9.40. The number of Topliss-reactive ketones (excluding diaryl/α,β-unsaturated/α-hetero) is 2. The molecule has 1 aromatic carbocycles. The highest BCUT2D eigenvalue weighted by molar-refractivity contribution is 9.09. The second kappa shape index (κ2) is 7.28. The van der Waals surface area contributed by atoms with Crippen LogP contribution in [-0.2, 0) is 0 Å². The molecule has 0 unspecified atom stereocenters. The van der Waals surface area contributed by atoms with Crippen molar-refractivity contribution in [2.75, 3.05) is 5.33 Å². The van der Waals surface area contributed by atoms with Gasteiger partial charge in [0, 0.05) is 17.8 Å². The normalized spacial score (nSPS) is 10.5. The molecule has 0 atom stereocenters. The summed E-state index contributed by atoms with van der Waals surface area (Å²) < 4.78 is 0. The number of unbranched alkanes of at least 4 members (excludes halogenated alkanes) is 2. The van der Waals surface area contributed by atoms with Crippen molar-refractivity contribution in [1.82, 2.24) is 0 Å². The van der Waals surface area contributed by atoms with E-state index in [0.29, 0.717) is 6.42 Å². The lowest BCUT2D eigenvalue weighted by molar-refractivity contribution is 0.0974. The van der Waals surface area contributed by atoms with Crippen LogP contribution in [0.5, 0.6) is 17.2 Å². The third kappa shape index (κ3) is 3.72. The number of hydrogen-bond donors (Lipinski definition) is 3. The van der Waals surface area contributed by atoms with Gasteiger partial charge in [-0.3, -0.25) is 9.59 Å². The molecule has 1 aromatic rings. The standard InChI is InChI=1S/C14H17BrO5/c1-8(16)12-10(18)7-11(19)13(14(12)20)9(17)5-3-2-4-6-15/h7,18-20H,2-6H2,1H3. The average molecular weight is 345 g/mol. The Morgan fingerprint density at radius 3 is 2.20 bits per heavy atom. The smallest absolute Gasteiger partial charge is 0.170 e. The Hall–Kier alpha value is -1.56. The fourth-order valence-corrected chi connectivity index (χ4v) is 2.34. The monoisotopic (exact) mass is 344 g/mol. The van der Waals surface area contributed by atoms with Gasteiger partial charge in [-0.2, -0.15) is 0 Å². The molecule has 6 heteroatoms. The summed E-state index contributed by atoms with van der Waals surface area (Å²) >= 11 is 3.29. The maximum Gasteiger partial charge on any atom is 0.170 e. The van der Waals surface area contributed by atoms with Crippen LogP contribution in [0.3, 0.4) is 0 Å². The number of benzene rings is 1. The van der Waals surface area contributed by atoms with E-state index >= 15 is 0 Å². The van der Waals surface area contributed by atoms with Crippen LogP contribution in [0, 0.1) is 0 Å². The van der Waals surface area contributed by atoms with E-state index in [-0.39, 0.29) is 17.5 Å². The molecule has 5 nitrogen and oxygen atoms in total. The fourth-order valence-electron chi connectivity index (χ4n) is 1.95. The van der Waals surface area contributed by atoms with Crippen molar-refractivity contribution >= 4 is 27.5 Å². The molecule has 0 radical (unpaired) electrons. The summed E-state index contributed by atoms with van der Waals surface area (Å²) in [4.78, 5) is 23.4. The summed E-state index contributed by atoms with van der Waals surface area (Å²) in [6.07, 6.45) is 2.56. The molecule has 3 N–H and O–H groups in total. The van der Waals surface area contributed by atoms with Crippen molar-refractivity contribution in [2.24, 2.45) is 0 Å². The van der Waals surface area contributed by atoms with E-state index in [1.807, 2.05) is 0 Å².